The standard InChI is InChI=1S/C27H31N3O5S2/c1-4-17-30-23-16-13-20(26(32)35-5-2)18-24(23)36-27(30)28-25(31)19-11-14-22(15-12-19)37(33,34)29(3)21-9-7-6-8-10-21/h4,11-16,18,21H,1,5-10,17H2,2-3H3. The number of hydrogen-bond acceptors (Lipinski definition) is 6. The molecule has 2 aromatic carbocycles. The highest BCUT2D eigenvalue weighted by atomic mass is 32.2. The van der Waals surface area contributed by atoms with E-state index in [0.29, 0.717) is 16.9 Å². The largest absolute Gasteiger partial charge is 0.462 e. The lowest BCUT2D eigenvalue weighted by atomic mass is 9.96. The van der Waals surface area contributed by atoms with Gasteiger partial charge >= 0.3 is 5.97 Å². The molecule has 0 aliphatic heterocycles. The van der Waals surface area contributed by atoms with Crippen LogP contribution in [0.15, 0.2) is 65.0 Å². The summed E-state index contributed by atoms with van der Waals surface area (Å²) in [5.41, 5.74) is 1.53. The van der Waals surface area contributed by atoms with E-state index in [2.05, 4.69) is 11.6 Å². The number of allylic oxidation sites excluding steroid dienone is 1. The summed E-state index contributed by atoms with van der Waals surface area (Å²) in [6.07, 6.45) is 6.65. The number of amides is 1. The molecule has 196 valence electrons. The van der Waals surface area contributed by atoms with Crippen molar-refractivity contribution in [3.63, 3.8) is 0 Å². The first-order chi connectivity index (χ1) is 17.8. The second kappa shape index (κ2) is 11.5. The van der Waals surface area contributed by atoms with Gasteiger partial charge in [-0.1, -0.05) is 36.7 Å². The van der Waals surface area contributed by atoms with Gasteiger partial charge in [-0.25, -0.2) is 13.2 Å². The number of nitrogens with zero attached hydrogens (tertiary/aromatic N) is 3. The molecule has 1 saturated carbocycles. The fourth-order valence-electron chi connectivity index (χ4n) is 4.53. The van der Waals surface area contributed by atoms with E-state index in [4.69, 9.17) is 4.74 Å². The Balaban J connectivity index is 1.62. The van der Waals surface area contributed by atoms with Gasteiger partial charge in [0.25, 0.3) is 5.91 Å². The zero-order chi connectivity index (χ0) is 26.6. The van der Waals surface area contributed by atoms with Crippen molar-refractivity contribution in [2.75, 3.05) is 13.7 Å². The molecular weight excluding hydrogens is 510 g/mol. The number of benzene rings is 2. The molecule has 1 heterocycles. The van der Waals surface area contributed by atoms with Crippen molar-refractivity contribution >= 4 is 43.5 Å². The van der Waals surface area contributed by atoms with Crippen molar-refractivity contribution in [1.82, 2.24) is 8.87 Å². The van der Waals surface area contributed by atoms with Gasteiger partial charge in [-0.3, -0.25) is 4.79 Å². The van der Waals surface area contributed by atoms with Crippen LogP contribution >= 0.6 is 11.3 Å². The van der Waals surface area contributed by atoms with Crippen molar-refractivity contribution in [1.29, 1.82) is 0 Å². The Kier molecular flexibility index (Phi) is 8.41. The number of fused-ring (bicyclic) bond motifs is 1. The highest BCUT2D eigenvalue weighted by Crippen LogP contribution is 2.27. The van der Waals surface area contributed by atoms with Crippen LogP contribution in [0.5, 0.6) is 0 Å². The first-order valence-corrected chi connectivity index (χ1v) is 14.6. The molecule has 8 nitrogen and oxygen atoms in total. The molecule has 1 aliphatic rings. The van der Waals surface area contributed by atoms with Crippen molar-refractivity contribution < 1.29 is 22.7 Å². The molecule has 0 radical (unpaired) electrons. The third-order valence-electron chi connectivity index (χ3n) is 6.57. The zero-order valence-electron chi connectivity index (χ0n) is 21.1. The smallest absolute Gasteiger partial charge is 0.338 e. The van der Waals surface area contributed by atoms with E-state index < -0.39 is 21.9 Å². The van der Waals surface area contributed by atoms with Crippen LogP contribution in [0, 0.1) is 0 Å². The summed E-state index contributed by atoms with van der Waals surface area (Å²) in [4.78, 5) is 30.1. The molecule has 4 rings (SSSR count). The number of sulfonamides is 1. The monoisotopic (exact) mass is 541 g/mol. The molecule has 37 heavy (non-hydrogen) atoms. The fourth-order valence-corrected chi connectivity index (χ4v) is 7.03. The summed E-state index contributed by atoms with van der Waals surface area (Å²) in [6.45, 7) is 6.25. The van der Waals surface area contributed by atoms with Gasteiger partial charge in [0.1, 0.15) is 0 Å². The number of ether oxygens (including phenoxy) is 1. The lowest BCUT2D eigenvalue weighted by molar-refractivity contribution is 0.0526. The molecule has 0 atom stereocenters. The van der Waals surface area contributed by atoms with Crippen LogP contribution in [-0.2, 0) is 21.3 Å². The van der Waals surface area contributed by atoms with Crippen LogP contribution in [0.1, 0.15) is 59.7 Å². The van der Waals surface area contributed by atoms with Crippen LogP contribution in [0.25, 0.3) is 10.2 Å². The van der Waals surface area contributed by atoms with Crippen molar-refractivity contribution in [3.8, 4) is 0 Å². The average Bonchev–Trinajstić information content (AvgIpc) is 3.25. The Bertz CT molecular complexity index is 1480. The Morgan fingerprint density at radius 3 is 2.46 bits per heavy atom. The van der Waals surface area contributed by atoms with E-state index in [1.54, 1.807) is 38.2 Å². The fraction of sp³-hybridized carbons (Fsp3) is 0.370. The van der Waals surface area contributed by atoms with Gasteiger partial charge in [-0.15, -0.1) is 6.58 Å². The summed E-state index contributed by atoms with van der Waals surface area (Å²) in [5, 5.41) is 0. The number of aromatic nitrogens is 1. The Morgan fingerprint density at radius 2 is 1.81 bits per heavy atom. The SMILES string of the molecule is C=CCn1c(=NC(=O)c2ccc(S(=O)(=O)N(C)C3CCCCC3)cc2)sc2cc(C(=O)OCC)ccc21. The quantitative estimate of drug-likeness (QED) is 0.303. The molecular formula is C27H31N3O5S2. The van der Waals surface area contributed by atoms with Gasteiger partial charge in [-0.05, 0) is 62.2 Å². The number of thiazole rings is 1. The summed E-state index contributed by atoms with van der Waals surface area (Å²) in [7, 11) is -2.01. The maximum Gasteiger partial charge on any atom is 0.338 e. The Hall–Kier alpha value is -3.08. The number of carbonyl (C=O) groups excluding carboxylic acids is 2. The minimum absolute atomic E-state index is 0.00710. The minimum atomic E-state index is -3.65. The molecule has 1 aliphatic carbocycles. The van der Waals surface area contributed by atoms with Crippen molar-refractivity contribution in [2.24, 2.45) is 4.99 Å². The molecule has 0 saturated heterocycles. The van der Waals surface area contributed by atoms with Crippen molar-refractivity contribution in [3.05, 3.63) is 71.0 Å². The first kappa shape index (κ1) is 27.0. The predicted molar refractivity (Wildman–Crippen MR) is 144 cm³/mol. The molecule has 0 N–H and O–H groups in total. The second-order valence-corrected chi connectivity index (χ2v) is 11.9. The zero-order valence-corrected chi connectivity index (χ0v) is 22.7. The topological polar surface area (TPSA) is 98.0 Å². The maximum absolute atomic E-state index is 13.1. The van der Waals surface area contributed by atoms with Crippen LogP contribution < -0.4 is 4.80 Å². The summed E-state index contributed by atoms with van der Waals surface area (Å²) in [5.74, 6) is -0.897. The van der Waals surface area contributed by atoms with Gasteiger partial charge in [0.2, 0.25) is 10.0 Å². The lowest BCUT2D eigenvalue weighted by Crippen LogP contribution is -2.38. The molecule has 1 amide bonds. The van der Waals surface area contributed by atoms with Gasteiger partial charge in [0, 0.05) is 25.2 Å². The summed E-state index contributed by atoms with van der Waals surface area (Å²) >= 11 is 1.28. The van der Waals surface area contributed by atoms with Crippen LogP contribution in [0.3, 0.4) is 0 Å². The first-order valence-electron chi connectivity index (χ1n) is 12.3. The number of esters is 1. The van der Waals surface area contributed by atoms with E-state index in [-0.39, 0.29) is 23.1 Å². The van der Waals surface area contributed by atoms with E-state index in [9.17, 15) is 18.0 Å². The van der Waals surface area contributed by atoms with E-state index in [0.717, 1.165) is 42.3 Å². The van der Waals surface area contributed by atoms with Crippen LogP contribution in [-0.4, -0.2) is 48.9 Å². The van der Waals surface area contributed by atoms with Crippen LogP contribution in [0.4, 0.5) is 0 Å². The molecule has 1 fully saturated rings. The predicted octanol–water partition coefficient (Wildman–Crippen LogP) is 4.76. The van der Waals surface area contributed by atoms with E-state index in [1.807, 2.05) is 4.57 Å². The molecule has 10 heteroatoms. The second-order valence-electron chi connectivity index (χ2n) is 8.94. The van der Waals surface area contributed by atoms with Crippen molar-refractivity contribution in [2.45, 2.75) is 56.5 Å². The Morgan fingerprint density at radius 1 is 1.14 bits per heavy atom. The number of carbonyl (C=O) groups is 2. The Labute approximate surface area is 221 Å². The van der Waals surface area contributed by atoms with Gasteiger partial charge in [0.15, 0.2) is 4.80 Å². The molecule has 3 aromatic rings. The minimum Gasteiger partial charge on any atom is -0.462 e. The maximum atomic E-state index is 13.1. The van der Waals surface area contributed by atoms with E-state index in [1.165, 1.54) is 39.9 Å². The highest BCUT2D eigenvalue weighted by Gasteiger charge is 2.29. The molecule has 0 bridgehead atoms. The van der Waals surface area contributed by atoms with E-state index >= 15 is 0 Å². The summed E-state index contributed by atoms with van der Waals surface area (Å²) < 4.78 is 35.4. The number of rotatable bonds is 8. The van der Waals surface area contributed by atoms with Gasteiger partial charge < -0.3 is 9.30 Å². The normalized spacial score (nSPS) is 15.3. The summed E-state index contributed by atoms with van der Waals surface area (Å²) in [6, 6.07) is 11.1. The molecule has 0 unspecified atom stereocenters. The third-order valence-corrected chi connectivity index (χ3v) is 9.54. The number of hydrogen-bond donors (Lipinski definition) is 0. The van der Waals surface area contributed by atoms with Gasteiger partial charge in [0.05, 0.1) is 27.3 Å². The third kappa shape index (κ3) is 5.76. The molecule has 0 spiro atoms. The van der Waals surface area contributed by atoms with Crippen LogP contribution in [0.2, 0.25) is 0 Å². The highest BCUT2D eigenvalue weighted by molar-refractivity contribution is 7.89. The molecule has 1 aromatic heterocycles. The average molecular weight is 542 g/mol. The van der Waals surface area contributed by atoms with Gasteiger partial charge in [-0.2, -0.15) is 9.30 Å². The lowest BCUT2D eigenvalue weighted by Gasteiger charge is -2.30.